The highest BCUT2D eigenvalue weighted by Crippen LogP contribution is 2.29. The van der Waals surface area contributed by atoms with Crippen LogP contribution in [0.15, 0.2) is 108 Å². The highest BCUT2D eigenvalue weighted by atomic mass is 35.5. The Hall–Kier alpha value is -4.42. The molecule has 0 fully saturated rings. The van der Waals surface area contributed by atoms with E-state index in [0.717, 1.165) is 11.1 Å². The van der Waals surface area contributed by atoms with E-state index >= 15 is 0 Å². The number of benzene rings is 4. The molecule has 0 saturated carbocycles. The first-order chi connectivity index (χ1) is 17.6. The standard InChI is InChI=1S/C29H23ClN2O4/c1-35-26-18-20(16-17-25(26)36-29(34)23-14-8-9-15-24(23)30)19-31-32-28(33)27(21-10-4-2-5-11-21)22-12-6-3-7-13-22/h2-19,27H,1H3,(H,32,33)/b31-19+. The Morgan fingerprint density at radius 3 is 2.06 bits per heavy atom. The fraction of sp³-hybridized carbons (Fsp3) is 0.0690. The van der Waals surface area contributed by atoms with E-state index in [2.05, 4.69) is 10.5 Å². The first-order valence-corrected chi connectivity index (χ1v) is 11.5. The molecule has 6 nitrogen and oxygen atoms in total. The van der Waals surface area contributed by atoms with E-state index in [9.17, 15) is 9.59 Å². The molecule has 4 rings (SSSR count). The van der Waals surface area contributed by atoms with Crippen molar-refractivity contribution in [1.29, 1.82) is 0 Å². The van der Waals surface area contributed by atoms with Gasteiger partial charge in [0.05, 0.1) is 29.8 Å². The Morgan fingerprint density at radius 1 is 0.833 bits per heavy atom. The molecule has 4 aromatic carbocycles. The van der Waals surface area contributed by atoms with Crippen LogP contribution in [-0.2, 0) is 4.79 Å². The third kappa shape index (κ3) is 5.98. The third-order valence-corrected chi connectivity index (χ3v) is 5.73. The zero-order valence-corrected chi connectivity index (χ0v) is 20.2. The topological polar surface area (TPSA) is 77.0 Å². The van der Waals surface area contributed by atoms with Gasteiger partial charge in [-0.15, -0.1) is 0 Å². The van der Waals surface area contributed by atoms with Crippen LogP contribution in [0.2, 0.25) is 5.02 Å². The van der Waals surface area contributed by atoms with Gasteiger partial charge in [0.1, 0.15) is 0 Å². The van der Waals surface area contributed by atoms with Crippen LogP contribution in [0.4, 0.5) is 0 Å². The van der Waals surface area contributed by atoms with Crippen LogP contribution in [0.1, 0.15) is 33.0 Å². The van der Waals surface area contributed by atoms with E-state index < -0.39 is 11.9 Å². The predicted molar refractivity (Wildman–Crippen MR) is 140 cm³/mol. The van der Waals surface area contributed by atoms with Crippen molar-refractivity contribution in [3.63, 3.8) is 0 Å². The summed E-state index contributed by atoms with van der Waals surface area (Å²) in [6.45, 7) is 0. The highest BCUT2D eigenvalue weighted by molar-refractivity contribution is 6.33. The molecule has 0 radical (unpaired) electrons. The van der Waals surface area contributed by atoms with Gasteiger partial charge < -0.3 is 9.47 Å². The molecule has 36 heavy (non-hydrogen) atoms. The number of hydrogen-bond acceptors (Lipinski definition) is 5. The maximum absolute atomic E-state index is 13.1. The Labute approximate surface area is 214 Å². The number of carbonyl (C=O) groups is 2. The lowest BCUT2D eigenvalue weighted by Crippen LogP contribution is -2.26. The van der Waals surface area contributed by atoms with Crippen molar-refractivity contribution in [2.75, 3.05) is 7.11 Å². The molecule has 0 atom stereocenters. The molecule has 180 valence electrons. The highest BCUT2D eigenvalue weighted by Gasteiger charge is 2.22. The lowest BCUT2D eigenvalue weighted by molar-refractivity contribution is -0.121. The summed E-state index contributed by atoms with van der Waals surface area (Å²) in [5.74, 6) is -0.805. The van der Waals surface area contributed by atoms with Crippen molar-refractivity contribution in [2.24, 2.45) is 5.10 Å². The average Bonchev–Trinajstić information content (AvgIpc) is 2.91. The number of carbonyl (C=O) groups excluding carboxylic acids is 2. The molecular formula is C29H23ClN2O4. The number of esters is 1. The summed E-state index contributed by atoms with van der Waals surface area (Å²) in [4.78, 5) is 25.6. The SMILES string of the molecule is COc1cc(/C=N/NC(=O)C(c2ccccc2)c2ccccc2)ccc1OC(=O)c1ccccc1Cl. The molecule has 0 bridgehead atoms. The van der Waals surface area contributed by atoms with E-state index in [4.69, 9.17) is 21.1 Å². The third-order valence-electron chi connectivity index (χ3n) is 5.40. The summed E-state index contributed by atoms with van der Waals surface area (Å²) in [6.07, 6.45) is 1.49. The first kappa shape index (κ1) is 24.7. The maximum Gasteiger partial charge on any atom is 0.345 e. The molecule has 0 saturated heterocycles. The number of halogens is 1. The molecule has 1 amide bonds. The number of nitrogens with one attached hydrogen (secondary N) is 1. The number of rotatable bonds is 8. The number of methoxy groups -OCH3 is 1. The van der Waals surface area contributed by atoms with Crippen LogP contribution in [0.25, 0.3) is 0 Å². The van der Waals surface area contributed by atoms with Gasteiger partial charge in [-0.25, -0.2) is 10.2 Å². The van der Waals surface area contributed by atoms with Gasteiger partial charge in [-0.05, 0) is 47.0 Å². The lowest BCUT2D eigenvalue weighted by atomic mass is 9.91. The summed E-state index contributed by atoms with van der Waals surface area (Å²) >= 11 is 6.08. The van der Waals surface area contributed by atoms with Gasteiger partial charge in [0.25, 0.3) is 5.91 Å². The number of hydrazone groups is 1. The molecule has 0 aliphatic heterocycles. The van der Waals surface area contributed by atoms with Gasteiger partial charge in [0.2, 0.25) is 0 Å². The summed E-state index contributed by atoms with van der Waals surface area (Å²) in [5, 5.41) is 4.43. The second-order valence-corrected chi connectivity index (χ2v) is 8.18. The number of ether oxygens (including phenoxy) is 2. The molecule has 0 aromatic heterocycles. The summed E-state index contributed by atoms with van der Waals surface area (Å²) < 4.78 is 10.8. The van der Waals surface area contributed by atoms with Crippen molar-refractivity contribution >= 4 is 29.7 Å². The minimum absolute atomic E-state index is 0.233. The largest absolute Gasteiger partial charge is 0.493 e. The van der Waals surface area contributed by atoms with Crippen LogP contribution < -0.4 is 14.9 Å². The monoisotopic (exact) mass is 498 g/mol. The van der Waals surface area contributed by atoms with E-state index in [1.807, 2.05) is 60.7 Å². The molecule has 0 unspecified atom stereocenters. The lowest BCUT2D eigenvalue weighted by Gasteiger charge is -2.16. The molecule has 0 aliphatic carbocycles. The van der Waals surface area contributed by atoms with Crippen molar-refractivity contribution in [1.82, 2.24) is 5.43 Å². The Bertz CT molecular complexity index is 1340. The molecule has 0 aliphatic rings. The van der Waals surface area contributed by atoms with E-state index in [1.165, 1.54) is 13.3 Å². The maximum atomic E-state index is 13.1. The van der Waals surface area contributed by atoms with Crippen molar-refractivity contribution in [3.8, 4) is 11.5 Å². The predicted octanol–water partition coefficient (Wildman–Crippen LogP) is 5.85. The fourth-order valence-corrected chi connectivity index (χ4v) is 3.86. The Kier molecular flexibility index (Phi) is 8.11. The van der Waals surface area contributed by atoms with Crippen molar-refractivity contribution < 1.29 is 19.1 Å². The van der Waals surface area contributed by atoms with Gasteiger partial charge in [-0.1, -0.05) is 84.4 Å². The normalized spacial score (nSPS) is 10.9. The van der Waals surface area contributed by atoms with Crippen molar-refractivity contribution in [2.45, 2.75) is 5.92 Å². The second kappa shape index (κ2) is 11.8. The van der Waals surface area contributed by atoms with Crippen LogP contribution in [-0.4, -0.2) is 25.2 Å². The molecule has 0 spiro atoms. The molecule has 0 heterocycles. The molecule has 1 N–H and O–H groups in total. The van der Waals surface area contributed by atoms with Crippen molar-refractivity contribution in [3.05, 3.63) is 130 Å². The second-order valence-electron chi connectivity index (χ2n) is 7.77. The first-order valence-electron chi connectivity index (χ1n) is 11.1. The average molecular weight is 499 g/mol. The Morgan fingerprint density at radius 2 is 1.44 bits per heavy atom. The quantitative estimate of drug-likeness (QED) is 0.143. The summed E-state index contributed by atoms with van der Waals surface area (Å²) in [6, 6.07) is 30.6. The van der Waals surface area contributed by atoms with Gasteiger partial charge >= 0.3 is 5.97 Å². The van der Waals surface area contributed by atoms with E-state index in [0.29, 0.717) is 16.3 Å². The number of hydrogen-bond donors (Lipinski definition) is 1. The minimum atomic E-state index is -0.597. The van der Waals surface area contributed by atoms with Crippen LogP contribution >= 0.6 is 11.6 Å². The van der Waals surface area contributed by atoms with E-state index in [1.54, 1.807) is 42.5 Å². The number of amides is 1. The fourth-order valence-electron chi connectivity index (χ4n) is 3.65. The van der Waals surface area contributed by atoms with Gasteiger partial charge in [0.15, 0.2) is 11.5 Å². The molecular weight excluding hydrogens is 476 g/mol. The Balaban J connectivity index is 1.48. The van der Waals surface area contributed by atoms with Gasteiger partial charge in [-0.2, -0.15) is 5.10 Å². The molecule has 4 aromatic rings. The summed E-state index contributed by atoms with van der Waals surface area (Å²) in [7, 11) is 1.47. The van der Waals surface area contributed by atoms with Gasteiger partial charge in [0, 0.05) is 0 Å². The molecule has 7 heteroatoms. The van der Waals surface area contributed by atoms with Crippen LogP contribution in [0.5, 0.6) is 11.5 Å². The number of nitrogens with zero attached hydrogens (tertiary/aromatic N) is 1. The van der Waals surface area contributed by atoms with Crippen LogP contribution in [0, 0.1) is 0 Å². The summed E-state index contributed by atoms with van der Waals surface area (Å²) in [5.41, 5.74) is 5.25. The zero-order valence-electron chi connectivity index (χ0n) is 19.4. The minimum Gasteiger partial charge on any atom is -0.493 e. The smallest absolute Gasteiger partial charge is 0.345 e. The van der Waals surface area contributed by atoms with Gasteiger partial charge in [-0.3, -0.25) is 4.79 Å². The van der Waals surface area contributed by atoms with Crippen LogP contribution in [0.3, 0.4) is 0 Å². The van der Waals surface area contributed by atoms with E-state index in [-0.39, 0.29) is 17.2 Å². The zero-order chi connectivity index (χ0) is 25.3.